The Hall–Kier alpha value is -1.44. The highest BCUT2D eigenvalue weighted by Gasteiger charge is 2.26. The highest BCUT2D eigenvalue weighted by Crippen LogP contribution is 2.25. The first-order valence-electron chi connectivity index (χ1n) is 9.99. The van der Waals surface area contributed by atoms with Crippen molar-refractivity contribution in [2.24, 2.45) is 5.92 Å². The summed E-state index contributed by atoms with van der Waals surface area (Å²) in [7, 11) is -3.50. The van der Waals surface area contributed by atoms with E-state index in [-0.39, 0.29) is 10.8 Å². The zero-order valence-corrected chi connectivity index (χ0v) is 17.2. The maximum Gasteiger partial charge on any atom is 0.243 e. The molecule has 2 heterocycles. The van der Waals surface area contributed by atoms with E-state index >= 15 is 0 Å². The molecule has 7 heteroatoms. The molecule has 150 valence electrons. The van der Waals surface area contributed by atoms with E-state index in [9.17, 15) is 13.2 Å². The summed E-state index contributed by atoms with van der Waals surface area (Å²) in [6, 6.07) is 5.02. The van der Waals surface area contributed by atoms with Gasteiger partial charge in [0.15, 0.2) is 0 Å². The summed E-state index contributed by atoms with van der Waals surface area (Å²) in [6.45, 7) is 7.48. The van der Waals surface area contributed by atoms with Crippen molar-refractivity contribution in [3.63, 3.8) is 0 Å². The van der Waals surface area contributed by atoms with Gasteiger partial charge in [0.25, 0.3) is 0 Å². The smallest absolute Gasteiger partial charge is 0.243 e. The van der Waals surface area contributed by atoms with Crippen LogP contribution < -0.4 is 5.32 Å². The maximum absolute atomic E-state index is 12.9. The fourth-order valence-electron chi connectivity index (χ4n) is 3.97. The second kappa shape index (κ2) is 8.71. The molecule has 3 rings (SSSR count). The number of nitrogens with one attached hydrogen (secondary N) is 1. The number of likely N-dealkylation sites (tertiary alicyclic amines) is 1. The molecule has 1 N–H and O–H groups in total. The van der Waals surface area contributed by atoms with Crippen molar-refractivity contribution in [2.45, 2.75) is 50.8 Å². The number of rotatable bonds is 5. The summed E-state index contributed by atoms with van der Waals surface area (Å²) >= 11 is 0. The van der Waals surface area contributed by atoms with E-state index in [1.165, 1.54) is 6.42 Å². The first kappa shape index (κ1) is 20.3. The first-order valence-corrected chi connectivity index (χ1v) is 11.4. The van der Waals surface area contributed by atoms with Crippen LogP contribution in [0.4, 0.5) is 5.69 Å². The molecule has 0 bridgehead atoms. The molecule has 1 amide bonds. The molecule has 1 aromatic carbocycles. The van der Waals surface area contributed by atoms with Crippen molar-refractivity contribution in [1.29, 1.82) is 0 Å². The second-order valence-electron chi connectivity index (χ2n) is 7.97. The van der Waals surface area contributed by atoms with Crippen LogP contribution in [0.5, 0.6) is 0 Å². The Morgan fingerprint density at radius 2 is 1.89 bits per heavy atom. The Balaban J connectivity index is 1.70. The lowest BCUT2D eigenvalue weighted by Crippen LogP contribution is -2.39. The molecule has 1 aromatic rings. The first-order chi connectivity index (χ1) is 12.9. The number of amides is 1. The van der Waals surface area contributed by atoms with E-state index in [1.807, 2.05) is 6.92 Å². The van der Waals surface area contributed by atoms with Crippen molar-refractivity contribution in [1.82, 2.24) is 9.21 Å². The monoisotopic (exact) mass is 393 g/mol. The molecule has 2 fully saturated rings. The molecule has 2 aliphatic rings. The molecule has 0 radical (unpaired) electrons. The number of nitrogens with zero attached hydrogens (tertiary/aromatic N) is 2. The summed E-state index contributed by atoms with van der Waals surface area (Å²) in [5, 5.41) is 2.92. The van der Waals surface area contributed by atoms with E-state index in [4.69, 9.17) is 0 Å². The van der Waals surface area contributed by atoms with Crippen LogP contribution in [-0.4, -0.2) is 56.3 Å². The van der Waals surface area contributed by atoms with Crippen molar-refractivity contribution in [2.75, 3.05) is 38.0 Å². The average Bonchev–Trinajstić information content (AvgIpc) is 2.64. The second-order valence-corrected chi connectivity index (χ2v) is 9.91. The van der Waals surface area contributed by atoms with E-state index < -0.39 is 10.0 Å². The summed E-state index contributed by atoms with van der Waals surface area (Å²) in [5.41, 5.74) is 1.45. The zero-order chi connectivity index (χ0) is 19.4. The molecule has 27 heavy (non-hydrogen) atoms. The summed E-state index contributed by atoms with van der Waals surface area (Å²) < 4.78 is 27.3. The van der Waals surface area contributed by atoms with Gasteiger partial charge in [0, 0.05) is 25.3 Å². The van der Waals surface area contributed by atoms with Gasteiger partial charge >= 0.3 is 0 Å². The van der Waals surface area contributed by atoms with Gasteiger partial charge in [-0.15, -0.1) is 0 Å². The van der Waals surface area contributed by atoms with Crippen LogP contribution >= 0.6 is 0 Å². The summed E-state index contributed by atoms with van der Waals surface area (Å²) in [4.78, 5) is 14.9. The molecule has 6 nitrogen and oxygen atoms in total. The van der Waals surface area contributed by atoms with Crippen LogP contribution in [0.2, 0.25) is 0 Å². The van der Waals surface area contributed by atoms with E-state index in [2.05, 4.69) is 17.1 Å². The fraction of sp³-hybridized carbons (Fsp3) is 0.650. The molecule has 0 spiro atoms. The van der Waals surface area contributed by atoms with Crippen LogP contribution in [-0.2, 0) is 14.8 Å². The number of hydrogen-bond donors (Lipinski definition) is 1. The minimum absolute atomic E-state index is 0.0836. The molecule has 1 atom stereocenters. The number of carbonyl (C=O) groups is 1. The lowest BCUT2D eigenvalue weighted by atomic mass is 10.0. The molecular formula is C20H31N3O3S. The van der Waals surface area contributed by atoms with Gasteiger partial charge in [0.2, 0.25) is 15.9 Å². The van der Waals surface area contributed by atoms with E-state index in [1.54, 1.807) is 22.5 Å². The Morgan fingerprint density at radius 1 is 1.15 bits per heavy atom. The Bertz CT molecular complexity index is 773. The maximum atomic E-state index is 12.9. The third-order valence-corrected chi connectivity index (χ3v) is 7.44. The van der Waals surface area contributed by atoms with Crippen LogP contribution in [0.1, 0.15) is 44.6 Å². The number of benzene rings is 1. The SMILES string of the molecule is Cc1ccc(S(=O)(=O)N2CCCCC2)cc1NC(=O)CN1CCC[C@H](C)C1. The molecule has 0 saturated carbocycles. The quantitative estimate of drug-likeness (QED) is 0.835. The van der Waals surface area contributed by atoms with Crippen molar-refractivity contribution in [3.8, 4) is 0 Å². The molecule has 2 aliphatic heterocycles. The van der Waals surface area contributed by atoms with E-state index in [0.29, 0.717) is 31.2 Å². The standard InChI is InChI=1S/C20H31N3O3S/c1-16-7-6-10-22(14-16)15-20(24)21-19-13-18(9-8-17(19)2)27(25,26)23-11-4-3-5-12-23/h8-9,13,16H,3-7,10-12,14-15H2,1-2H3,(H,21,24)/t16-/m0/s1. The summed E-state index contributed by atoms with van der Waals surface area (Å²) in [5.74, 6) is 0.533. The Labute approximate surface area is 163 Å². The molecular weight excluding hydrogens is 362 g/mol. The van der Waals surface area contributed by atoms with Crippen molar-refractivity contribution in [3.05, 3.63) is 23.8 Å². The van der Waals surface area contributed by atoms with Crippen molar-refractivity contribution < 1.29 is 13.2 Å². The van der Waals surface area contributed by atoms with Crippen molar-refractivity contribution >= 4 is 21.6 Å². The Morgan fingerprint density at radius 3 is 2.59 bits per heavy atom. The predicted molar refractivity (Wildman–Crippen MR) is 107 cm³/mol. The van der Waals surface area contributed by atoms with Crippen LogP contribution in [0.15, 0.2) is 23.1 Å². The minimum Gasteiger partial charge on any atom is -0.325 e. The normalized spacial score (nSPS) is 22.5. The molecule has 0 aromatic heterocycles. The van der Waals surface area contributed by atoms with Gasteiger partial charge in [0.05, 0.1) is 11.4 Å². The highest BCUT2D eigenvalue weighted by molar-refractivity contribution is 7.89. The van der Waals surface area contributed by atoms with Gasteiger partial charge in [-0.2, -0.15) is 4.31 Å². The zero-order valence-electron chi connectivity index (χ0n) is 16.4. The number of carbonyl (C=O) groups excluding carboxylic acids is 1. The van der Waals surface area contributed by atoms with Gasteiger partial charge in [-0.25, -0.2) is 8.42 Å². The number of aryl methyl sites for hydroxylation is 1. The minimum atomic E-state index is -3.50. The third kappa shape index (κ3) is 5.09. The van der Waals surface area contributed by atoms with Gasteiger partial charge < -0.3 is 5.32 Å². The average molecular weight is 394 g/mol. The molecule has 2 saturated heterocycles. The van der Waals surface area contributed by atoms with Gasteiger partial charge in [-0.3, -0.25) is 9.69 Å². The van der Waals surface area contributed by atoms with Gasteiger partial charge in [0.1, 0.15) is 0 Å². The molecule has 0 aliphatic carbocycles. The van der Waals surface area contributed by atoms with Crippen LogP contribution in [0.3, 0.4) is 0 Å². The number of hydrogen-bond acceptors (Lipinski definition) is 4. The van der Waals surface area contributed by atoms with Gasteiger partial charge in [-0.05, 0) is 62.8 Å². The predicted octanol–water partition coefficient (Wildman–Crippen LogP) is 2.84. The topological polar surface area (TPSA) is 69.7 Å². The lowest BCUT2D eigenvalue weighted by molar-refractivity contribution is -0.117. The lowest BCUT2D eigenvalue weighted by Gasteiger charge is -2.30. The Kier molecular flexibility index (Phi) is 6.55. The number of piperidine rings is 2. The van der Waals surface area contributed by atoms with E-state index in [0.717, 1.165) is 44.3 Å². The highest BCUT2D eigenvalue weighted by atomic mass is 32.2. The van der Waals surface area contributed by atoms with Crippen LogP contribution in [0.25, 0.3) is 0 Å². The molecule has 0 unspecified atom stereocenters. The summed E-state index contributed by atoms with van der Waals surface area (Å²) in [6.07, 6.45) is 5.23. The largest absolute Gasteiger partial charge is 0.325 e. The number of anilines is 1. The third-order valence-electron chi connectivity index (χ3n) is 5.54. The van der Waals surface area contributed by atoms with Gasteiger partial charge in [-0.1, -0.05) is 19.4 Å². The van der Waals surface area contributed by atoms with Crippen LogP contribution in [0, 0.1) is 12.8 Å². The fourth-order valence-corrected chi connectivity index (χ4v) is 5.52. The number of sulfonamides is 1.